The van der Waals surface area contributed by atoms with Gasteiger partial charge in [-0.25, -0.2) is 72.1 Å². The third-order valence-corrected chi connectivity index (χ3v) is 18.3. The maximum Gasteiger partial charge on any atom is 0.228 e. The van der Waals surface area contributed by atoms with E-state index < -0.39 is 23.3 Å². The van der Waals surface area contributed by atoms with Crippen molar-refractivity contribution in [3.8, 4) is 56.8 Å². The maximum absolute atomic E-state index is 14.5. The summed E-state index contributed by atoms with van der Waals surface area (Å²) in [6.07, 6.45) is 16.3. The summed E-state index contributed by atoms with van der Waals surface area (Å²) in [6.45, 7) is 6.96. The fourth-order valence-electron chi connectivity index (χ4n) is 12.0. The zero-order valence-corrected chi connectivity index (χ0v) is 63.7. The molecule has 115 heavy (non-hydrogen) atoms. The maximum atomic E-state index is 14.5. The summed E-state index contributed by atoms with van der Waals surface area (Å²) in [4.78, 5) is 75.0. The molecule has 0 aliphatic rings. The Morgan fingerprint density at radius 1 is 0.426 bits per heavy atom. The minimum atomic E-state index is -0.435. The SMILES string of the molecule is CC(=O)Nc1cc(Nc2cc(-c3cc(Cl)ccc3F)nc3ncccc23)ccn1.CC(C)C(=O)Nc1cc(Nc2cc(-c3cc(Cl)ccc3F)nc3ncccc23)ccn1.Cc1nn(-c2cc(-c3cc(Cl)ccc3F)nc3ncccc23)c2ccncc12.N#Cc1cnccc1Nc1cc(-c2cc(Cl)ccc2F)nc2ncccc12. The number of halogens is 8. The van der Waals surface area contributed by atoms with Crippen LogP contribution in [0.15, 0.2) is 244 Å². The Morgan fingerprint density at radius 3 is 1.26 bits per heavy atom. The van der Waals surface area contributed by atoms with Crippen LogP contribution in [0.3, 0.4) is 0 Å². The van der Waals surface area contributed by atoms with Crippen molar-refractivity contribution in [2.45, 2.75) is 27.7 Å². The third-order valence-electron chi connectivity index (χ3n) is 17.4. The normalized spacial score (nSPS) is 10.9. The molecule has 0 aliphatic heterocycles. The van der Waals surface area contributed by atoms with Crippen molar-refractivity contribution in [2.75, 3.05) is 26.6 Å². The number of hydrogen-bond acceptors (Lipinski definition) is 19. The van der Waals surface area contributed by atoms with Gasteiger partial charge in [0.05, 0.1) is 68.0 Å². The highest BCUT2D eigenvalue weighted by Crippen LogP contribution is 2.38. The Morgan fingerprint density at radius 2 is 0.826 bits per heavy atom. The molecule has 0 aliphatic carbocycles. The number of nitriles is 1. The Bertz CT molecular complexity index is 6660. The number of amides is 2. The first-order valence-corrected chi connectivity index (χ1v) is 36.5. The van der Waals surface area contributed by atoms with Crippen molar-refractivity contribution in [2.24, 2.45) is 5.92 Å². The topological polar surface area (TPSA) is 291 Å². The lowest BCUT2D eigenvalue weighted by atomic mass is 10.1. The molecule has 566 valence electrons. The number of carbonyl (C=O) groups is 2. The fourth-order valence-corrected chi connectivity index (χ4v) is 12.7. The molecule has 4 aromatic carbocycles. The van der Waals surface area contributed by atoms with Crippen molar-refractivity contribution in [3.05, 3.63) is 299 Å². The Kier molecular flexibility index (Phi) is 23.4. The van der Waals surface area contributed by atoms with Gasteiger partial charge in [-0.1, -0.05) is 60.3 Å². The number of aryl methyl sites for hydroxylation is 1. The molecule has 17 rings (SSSR count). The molecule has 0 fully saturated rings. The monoisotopic (exact) mass is 1610 g/mol. The highest BCUT2D eigenvalue weighted by atomic mass is 35.5. The van der Waals surface area contributed by atoms with E-state index in [0.717, 1.165) is 43.8 Å². The average Bonchev–Trinajstić information content (AvgIpc) is 1.76. The smallest absolute Gasteiger partial charge is 0.228 e. The predicted molar refractivity (Wildman–Crippen MR) is 442 cm³/mol. The van der Waals surface area contributed by atoms with Gasteiger partial charge in [-0.2, -0.15) is 10.4 Å². The molecule has 22 nitrogen and oxygen atoms in total. The van der Waals surface area contributed by atoms with Gasteiger partial charge in [0.2, 0.25) is 11.8 Å². The lowest BCUT2D eigenvalue weighted by Crippen LogP contribution is -2.18. The number of rotatable bonds is 14. The van der Waals surface area contributed by atoms with Crippen LogP contribution in [0.4, 0.5) is 63.3 Å². The predicted octanol–water partition coefficient (Wildman–Crippen LogP) is 21.2. The van der Waals surface area contributed by atoms with E-state index in [9.17, 15) is 32.4 Å². The van der Waals surface area contributed by atoms with Crippen LogP contribution in [-0.2, 0) is 9.59 Å². The lowest BCUT2D eigenvalue weighted by Gasteiger charge is -2.13. The molecule has 0 unspecified atom stereocenters. The highest BCUT2D eigenvalue weighted by molar-refractivity contribution is 6.32. The van der Waals surface area contributed by atoms with Gasteiger partial charge in [-0.15, -0.1) is 0 Å². The zero-order chi connectivity index (χ0) is 80.4. The number of benzene rings is 4. The third kappa shape index (κ3) is 18.1. The molecule has 0 atom stereocenters. The second-order valence-electron chi connectivity index (χ2n) is 25.7. The summed E-state index contributed by atoms with van der Waals surface area (Å²) in [5, 5.41) is 34.9. The van der Waals surface area contributed by atoms with Gasteiger partial charge < -0.3 is 26.6 Å². The number of pyridine rings is 12. The summed E-state index contributed by atoms with van der Waals surface area (Å²) in [6, 6.07) is 51.7. The minimum Gasteiger partial charge on any atom is -0.355 e. The number of anilines is 8. The van der Waals surface area contributed by atoms with E-state index in [-0.39, 0.29) is 34.4 Å². The van der Waals surface area contributed by atoms with Gasteiger partial charge in [0.15, 0.2) is 22.6 Å². The fraction of sp³-hybridized carbons (Fsp3) is 0.0588. The van der Waals surface area contributed by atoms with Gasteiger partial charge in [-0.05, 0) is 177 Å². The van der Waals surface area contributed by atoms with Crippen LogP contribution < -0.4 is 26.6 Å². The molecule has 5 N–H and O–H groups in total. The molecule has 0 radical (unpaired) electrons. The number of hydrogen-bond donors (Lipinski definition) is 5. The van der Waals surface area contributed by atoms with E-state index >= 15 is 0 Å². The largest absolute Gasteiger partial charge is 0.355 e. The van der Waals surface area contributed by atoms with Crippen molar-refractivity contribution in [1.82, 2.24) is 69.6 Å². The Balaban J connectivity index is 0.000000127. The molecule has 30 heteroatoms. The second-order valence-corrected chi connectivity index (χ2v) is 27.4. The van der Waals surface area contributed by atoms with E-state index in [0.29, 0.717) is 122 Å². The van der Waals surface area contributed by atoms with Crippen molar-refractivity contribution < 1.29 is 27.2 Å². The van der Waals surface area contributed by atoms with Crippen molar-refractivity contribution in [1.29, 1.82) is 5.26 Å². The first-order valence-electron chi connectivity index (χ1n) is 35.0. The summed E-state index contributed by atoms with van der Waals surface area (Å²) in [5.74, 6) is -1.35. The summed E-state index contributed by atoms with van der Waals surface area (Å²) in [5.41, 5.74) is 11.5. The molecule has 0 spiro atoms. The summed E-state index contributed by atoms with van der Waals surface area (Å²) >= 11 is 24.2. The van der Waals surface area contributed by atoms with Crippen LogP contribution in [0.1, 0.15) is 32.0 Å². The molecule has 13 aromatic heterocycles. The van der Waals surface area contributed by atoms with Gasteiger partial charge in [0.25, 0.3) is 0 Å². The van der Waals surface area contributed by atoms with Crippen LogP contribution in [0, 0.1) is 47.4 Å². The molecule has 13 heterocycles. The number of aromatic nitrogens is 14. The van der Waals surface area contributed by atoms with Gasteiger partial charge in [0.1, 0.15) is 41.0 Å². The molecule has 2 amide bonds. The van der Waals surface area contributed by atoms with Gasteiger partial charge >= 0.3 is 0 Å². The number of nitrogens with one attached hydrogen (secondary N) is 5. The number of carbonyl (C=O) groups excluding carboxylic acids is 2. The van der Waals surface area contributed by atoms with Crippen LogP contribution in [0.2, 0.25) is 20.1 Å². The second kappa shape index (κ2) is 34.7. The zero-order valence-electron chi connectivity index (χ0n) is 60.7. The quantitative estimate of drug-likeness (QED) is 0.0632. The first-order chi connectivity index (χ1) is 55.7. The molecule has 0 saturated carbocycles. The molecular weight excluding hydrogens is 1550 g/mol. The summed E-state index contributed by atoms with van der Waals surface area (Å²) in [7, 11) is 0. The van der Waals surface area contributed by atoms with E-state index in [4.69, 9.17) is 46.4 Å². The van der Waals surface area contributed by atoms with E-state index in [1.54, 1.807) is 129 Å². The minimum absolute atomic E-state index is 0.123. The van der Waals surface area contributed by atoms with Gasteiger partial charge in [-0.3, -0.25) is 19.6 Å². The summed E-state index contributed by atoms with van der Waals surface area (Å²) < 4.78 is 59.5. The molecular formula is C85H58Cl4F4N20O2. The molecule has 17 aromatic rings. The van der Waals surface area contributed by atoms with E-state index in [2.05, 4.69) is 97.6 Å². The van der Waals surface area contributed by atoms with Crippen LogP contribution in [0.25, 0.3) is 106 Å². The lowest BCUT2D eigenvalue weighted by molar-refractivity contribution is -0.119. The van der Waals surface area contributed by atoms with Gasteiger partial charge in [0, 0.05) is 168 Å². The number of fused-ring (bicyclic) bond motifs is 5. The Labute approximate surface area is 672 Å². The van der Waals surface area contributed by atoms with Crippen molar-refractivity contribution >= 4 is 159 Å². The van der Waals surface area contributed by atoms with E-state index in [1.807, 2.05) is 67.9 Å². The number of nitrogens with zero attached hydrogens (tertiary/aromatic N) is 15. The molecule has 0 saturated heterocycles. The van der Waals surface area contributed by atoms with Crippen LogP contribution in [-0.4, -0.2) is 81.4 Å². The standard InChI is InChI=1S/C23H19ClFN5O.C21H15ClFN5O.C21H13ClFN5.C20H11ClFN5/c1-13(2)23(31)30-21-11-15(7-9-26-21)28-19-12-20(17-10-14(24)5-6-18(17)25)29-22-16(19)4-3-8-27-22;1-12(29)26-20-10-14(6-8-24-20)27-18-11-19(16-9-13(22)4-5-17(16)23)28-21-15(18)3-2-7-25-21;1-12-16-11-24-8-6-19(16)28(27-12)20-10-18(15-9-13(22)4-5-17(15)23)26-21-14(20)3-2-7-25-21;21-13-3-4-16(22)15(8-13)19-9-18(14-2-1-6-25-20(14)27-19)26-17-5-7-24-11-12(17)10-23/h3-13H,1-2H3,(H2,26,27,28,29,30,31);2-11H,1H3,(H2,24,25,26,27,28,29);2-11H,1H3;1-9,11H,(H,24,25,26,27). The van der Waals surface area contributed by atoms with Crippen LogP contribution in [0.5, 0.6) is 0 Å². The average molecular weight is 1610 g/mol. The molecule has 0 bridgehead atoms. The first kappa shape index (κ1) is 77.6. The van der Waals surface area contributed by atoms with E-state index in [1.165, 1.54) is 79.9 Å². The highest BCUT2D eigenvalue weighted by Gasteiger charge is 2.21. The van der Waals surface area contributed by atoms with Crippen LogP contribution >= 0.6 is 46.4 Å². The Hall–Kier alpha value is -14.1. The van der Waals surface area contributed by atoms with Crippen molar-refractivity contribution in [3.63, 3.8) is 0 Å².